The van der Waals surface area contributed by atoms with Crippen LogP contribution in [0, 0.1) is 0 Å². The van der Waals surface area contributed by atoms with E-state index in [2.05, 4.69) is 5.32 Å². The minimum absolute atomic E-state index is 0.359. The third-order valence-corrected chi connectivity index (χ3v) is 5.21. The monoisotopic (exact) mass is 435 g/mol. The fourth-order valence-corrected chi connectivity index (χ4v) is 3.27. The van der Waals surface area contributed by atoms with Gasteiger partial charge in [-0.05, 0) is 41.5 Å². The number of hydrogen-bond acceptors (Lipinski definition) is 3. The van der Waals surface area contributed by atoms with E-state index in [0.29, 0.717) is 34.8 Å². The van der Waals surface area contributed by atoms with Crippen LogP contribution < -0.4 is 10.1 Å². The van der Waals surface area contributed by atoms with E-state index in [9.17, 15) is 5.11 Å². The fraction of sp³-hybridized carbons (Fsp3) is 0.182. The van der Waals surface area contributed by atoms with E-state index in [1.165, 1.54) is 0 Å². The number of aliphatic hydroxyl groups is 1. The Morgan fingerprint density at radius 3 is 2.43 bits per heavy atom. The standard InChI is InChI=1S/C22H20Cl3NO2/c23-18-7-9-22(28-14-15-6-8-19(24)20(25)10-15)17(11-18)12-26-13-21(27)16-4-2-1-3-5-16/h1-11,21,26-27H,12-14H2. The molecule has 3 aromatic rings. The van der Waals surface area contributed by atoms with Crippen molar-refractivity contribution in [3.8, 4) is 5.75 Å². The molecule has 146 valence electrons. The van der Waals surface area contributed by atoms with Crippen molar-refractivity contribution in [2.75, 3.05) is 6.54 Å². The smallest absolute Gasteiger partial charge is 0.124 e. The zero-order chi connectivity index (χ0) is 19.9. The summed E-state index contributed by atoms with van der Waals surface area (Å²) in [5.74, 6) is 0.720. The number of hydrogen-bond donors (Lipinski definition) is 2. The summed E-state index contributed by atoms with van der Waals surface area (Å²) in [6.45, 7) is 1.29. The summed E-state index contributed by atoms with van der Waals surface area (Å²) in [6.07, 6.45) is -0.582. The lowest BCUT2D eigenvalue weighted by atomic mass is 10.1. The van der Waals surface area contributed by atoms with Crippen LogP contribution in [-0.4, -0.2) is 11.7 Å². The number of nitrogens with one attached hydrogen (secondary N) is 1. The van der Waals surface area contributed by atoms with E-state index in [-0.39, 0.29) is 0 Å². The molecule has 3 nitrogen and oxygen atoms in total. The van der Waals surface area contributed by atoms with Crippen molar-refractivity contribution in [3.05, 3.63) is 98.5 Å². The van der Waals surface area contributed by atoms with Crippen molar-refractivity contribution >= 4 is 34.8 Å². The van der Waals surface area contributed by atoms with Gasteiger partial charge in [-0.2, -0.15) is 0 Å². The van der Waals surface area contributed by atoms with Gasteiger partial charge in [-0.1, -0.05) is 71.2 Å². The molecule has 0 aliphatic carbocycles. The summed E-state index contributed by atoms with van der Waals surface area (Å²) >= 11 is 18.2. The van der Waals surface area contributed by atoms with Crippen LogP contribution in [0.4, 0.5) is 0 Å². The Balaban J connectivity index is 1.61. The van der Waals surface area contributed by atoms with Crippen LogP contribution in [0.15, 0.2) is 66.7 Å². The second-order valence-electron chi connectivity index (χ2n) is 6.35. The molecule has 0 fully saturated rings. The minimum atomic E-state index is -0.582. The maximum atomic E-state index is 10.3. The van der Waals surface area contributed by atoms with Gasteiger partial charge in [-0.15, -0.1) is 0 Å². The Morgan fingerprint density at radius 2 is 1.68 bits per heavy atom. The van der Waals surface area contributed by atoms with E-state index >= 15 is 0 Å². The quantitative estimate of drug-likeness (QED) is 0.452. The summed E-state index contributed by atoms with van der Waals surface area (Å²) < 4.78 is 5.95. The van der Waals surface area contributed by atoms with Crippen LogP contribution in [-0.2, 0) is 13.2 Å². The number of halogens is 3. The molecule has 0 saturated carbocycles. The molecule has 3 aromatic carbocycles. The van der Waals surface area contributed by atoms with Crippen LogP contribution in [0.25, 0.3) is 0 Å². The average molecular weight is 437 g/mol. The zero-order valence-corrected chi connectivity index (χ0v) is 17.3. The lowest BCUT2D eigenvalue weighted by Crippen LogP contribution is -2.21. The van der Waals surface area contributed by atoms with Gasteiger partial charge in [-0.3, -0.25) is 0 Å². The normalized spacial score (nSPS) is 12.0. The molecule has 1 atom stereocenters. The minimum Gasteiger partial charge on any atom is -0.489 e. The molecular formula is C22H20Cl3NO2. The number of benzene rings is 3. The van der Waals surface area contributed by atoms with Crippen LogP contribution in [0.3, 0.4) is 0 Å². The Kier molecular flexibility index (Phi) is 7.60. The van der Waals surface area contributed by atoms with Gasteiger partial charge in [0.25, 0.3) is 0 Å². The first kappa shape index (κ1) is 21.0. The largest absolute Gasteiger partial charge is 0.489 e. The van der Waals surface area contributed by atoms with Gasteiger partial charge in [-0.25, -0.2) is 0 Å². The van der Waals surface area contributed by atoms with Crippen LogP contribution in [0.5, 0.6) is 5.75 Å². The Bertz CT molecular complexity index is 919. The van der Waals surface area contributed by atoms with E-state index < -0.39 is 6.10 Å². The van der Waals surface area contributed by atoms with Crippen molar-refractivity contribution in [1.82, 2.24) is 5.32 Å². The molecule has 6 heteroatoms. The predicted octanol–water partition coefficient (Wildman–Crippen LogP) is 6.05. The molecule has 0 heterocycles. The molecule has 1 unspecified atom stereocenters. The molecule has 0 aromatic heterocycles. The number of aliphatic hydroxyl groups excluding tert-OH is 1. The van der Waals surface area contributed by atoms with Crippen molar-refractivity contribution in [1.29, 1.82) is 0 Å². The molecule has 3 rings (SSSR count). The molecule has 2 N–H and O–H groups in total. The Hall–Kier alpha value is -1.75. The highest BCUT2D eigenvalue weighted by Gasteiger charge is 2.09. The highest BCUT2D eigenvalue weighted by Crippen LogP contribution is 2.26. The summed E-state index contributed by atoms with van der Waals surface area (Å²) in [7, 11) is 0. The van der Waals surface area contributed by atoms with Crippen molar-refractivity contribution < 1.29 is 9.84 Å². The van der Waals surface area contributed by atoms with Gasteiger partial charge in [0.15, 0.2) is 0 Å². The molecule has 0 spiro atoms. The van der Waals surface area contributed by atoms with Gasteiger partial charge >= 0.3 is 0 Å². The lowest BCUT2D eigenvalue weighted by molar-refractivity contribution is 0.174. The highest BCUT2D eigenvalue weighted by atomic mass is 35.5. The second-order valence-corrected chi connectivity index (χ2v) is 7.60. The maximum absolute atomic E-state index is 10.3. The number of ether oxygens (including phenoxy) is 1. The molecule has 0 aliphatic rings. The number of rotatable bonds is 8. The lowest BCUT2D eigenvalue weighted by Gasteiger charge is -2.15. The van der Waals surface area contributed by atoms with Crippen LogP contribution >= 0.6 is 34.8 Å². The van der Waals surface area contributed by atoms with E-state index in [4.69, 9.17) is 39.5 Å². The average Bonchev–Trinajstić information content (AvgIpc) is 2.70. The van der Waals surface area contributed by atoms with Gasteiger partial charge in [0, 0.05) is 23.7 Å². The van der Waals surface area contributed by atoms with Gasteiger partial charge < -0.3 is 15.2 Å². The van der Waals surface area contributed by atoms with Crippen LogP contribution in [0.2, 0.25) is 15.1 Å². The molecule has 28 heavy (non-hydrogen) atoms. The SMILES string of the molecule is OC(CNCc1cc(Cl)ccc1OCc1ccc(Cl)c(Cl)c1)c1ccccc1. The zero-order valence-electron chi connectivity index (χ0n) is 15.0. The van der Waals surface area contributed by atoms with E-state index in [1.807, 2.05) is 48.5 Å². The van der Waals surface area contributed by atoms with E-state index in [1.54, 1.807) is 18.2 Å². The van der Waals surface area contributed by atoms with Gasteiger partial charge in [0.05, 0.1) is 16.1 Å². The van der Waals surface area contributed by atoms with Crippen molar-refractivity contribution in [3.63, 3.8) is 0 Å². The highest BCUT2D eigenvalue weighted by molar-refractivity contribution is 6.42. The summed E-state index contributed by atoms with van der Waals surface area (Å²) in [6, 6.07) is 20.4. The third kappa shape index (κ3) is 5.87. The molecule has 0 saturated heterocycles. The van der Waals surface area contributed by atoms with Gasteiger partial charge in [0.2, 0.25) is 0 Å². The molecular weight excluding hydrogens is 417 g/mol. The van der Waals surface area contributed by atoms with Crippen LogP contribution in [0.1, 0.15) is 22.8 Å². The third-order valence-electron chi connectivity index (χ3n) is 4.24. The molecule has 0 amide bonds. The maximum Gasteiger partial charge on any atom is 0.124 e. The summed E-state index contributed by atoms with van der Waals surface area (Å²) in [5.41, 5.74) is 2.70. The van der Waals surface area contributed by atoms with Crippen molar-refractivity contribution in [2.24, 2.45) is 0 Å². The molecule has 0 bridgehead atoms. The summed E-state index contributed by atoms with van der Waals surface area (Å²) in [4.78, 5) is 0. The summed E-state index contributed by atoms with van der Waals surface area (Å²) in [5, 5.41) is 15.2. The predicted molar refractivity (Wildman–Crippen MR) is 115 cm³/mol. The van der Waals surface area contributed by atoms with Crippen molar-refractivity contribution in [2.45, 2.75) is 19.3 Å². The Labute approximate surface area is 179 Å². The topological polar surface area (TPSA) is 41.5 Å². The first-order valence-electron chi connectivity index (χ1n) is 8.82. The first-order chi connectivity index (χ1) is 13.5. The molecule has 0 radical (unpaired) electrons. The Morgan fingerprint density at radius 1 is 0.893 bits per heavy atom. The molecule has 0 aliphatic heterocycles. The fourth-order valence-electron chi connectivity index (χ4n) is 2.75. The first-order valence-corrected chi connectivity index (χ1v) is 9.95. The van der Waals surface area contributed by atoms with Gasteiger partial charge in [0.1, 0.15) is 12.4 Å². The second kappa shape index (κ2) is 10.1. The van der Waals surface area contributed by atoms with E-state index in [0.717, 1.165) is 22.4 Å².